The van der Waals surface area contributed by atoms with E-state index >= 15 is 0 Å². The van der Waals surface area contributed by atoms with Gasteiger partial charge in [0.2, 0.25) is 0 Å². The molecular weight excluding hydrogens is 272 g/mol. The summed E-state index contributed by atoms with van der Waals surface area (Å²) >= 11 is 0. The van der Waals surface area contributed by atoms with Crippen LogP contribution in [0.15, 0.2) is 83.3 Å². The molecule has 0 N–H and O–H groups in total. The molecule has 2 aliphatic rings. The molecule has 0 aliphatic carbocycles. The number of rotatable bonds is 2. The van der Waals surface area contributed by atoms with Crippen molar-refractivity contribution in [2.45, 2.75) is 12.8 Å². The monoisotopic (exact) mass is 288 g/mol. The largest absolute Gasteiger partial charge is 0.259 e. The van der Waals surface area contributed by atoms with Gasteiger partial charge >= 0.3 is 0 Å². The van der Waals surface area contributed by atoms with E-state index in [1.54, 1.807) is 12.4 Å². The minimum atomic E-state index is 0.915. The lowest BCUT2D eigenvalue weighted by molar-refractivity contribution is 1.25. The average Bonchev–Trinajstić information content (AvgIpc) is 3.30. The molecule has 4 rings (SSSR count). The van der Waals surface area contributed by atoms with E-state index in [-0.39, 0.29) is 0 Å². The maximum Gasteiger partial charge on any atom is 0.0886 e. The van der Waals surface area contributed by atoms with Crippen molar-refractivity contribution in [3.8, 4) is 11.4 Å². The molecule has 2 aromatic heterocycles. The van der Waals surface area contributed by atoms with E-state index in [1.807, 2.05) is 48.8 Å². The molecule has 2 aromatic rings. The van der Waals surface area contributed by atoms with Gasteiger partial charge in [0.25, 0.3) is 0 Å². The maximum absolute atomic E-state index is 4.19. The number of allylic oxidation sites excluding steroid dienone is 2. The second-order valence-electron chi connectivity index (χ2n) is 4.76. The van der Waals surface area contributed by atoms with Gasteiger partial charge in [-0.3, -0.25) is 20.0 Å². The highest BCUT2D eigenvalue weighted by Crippen LogP contribution is 2.11. The second kappa shape index (κ2) is 7.22. The first-order valence-corrected chi connectivity index (χ1v) is 7.19. The molecule has 4 nitrogen and oxygen atoms in total. The van der Waals surface area contributed by atoms with Crippen LogP contribution in [-0.2, 0) is 0 Å². The van der Waals surface area contributed by atoms with Gasteiger partial charge in [0, 0.05) is 37.6 Å². The molecule has 0 spiro atoms. The summed E-state index contributed by atoms with van der Waals surface area (Å²) in [6.07, 6.45) is 13.2. The molecule has 0 fully saturated rings. The zero-order valence-corrected chi connectivity index (χ0v) is 12.1. The summed E-state index contributed by atoms with van der Waals surface area (Å²) in [6, 6.07) is 11.6. The van der Waals surface area contributed by atoms with Crippen LogP contribution in [0.2, 0.25) is 0 Å². The van der Waals surface area contributed by atoms with Crippen LogP contribution in [0, 0.1) is 0 Å². The molecule has 0 saturated heterocycles. The molecule has 0 amide bonds. The third-order valence-electron chi connectivity index (χ3n) is 3.22. The van der Waals surface area contributed by atoms with Gasteiger partial charge in [-0.15, -0.1) is 0 Å². The second-order valence-corrected chi connectivity index (χ2v) is 4.76. The van der Waals surface area contributed by atoms with Gasteiger partial charge in [-0.1, -0.05) is 24.3 Å². The highest BCUT2D eigenvalue weighted by molar-refractivity contribution is 6.44. The zero-order chi connectivity index (χ0) is 15.0. The molecule has 0 aromatic carbocycles. The Kier molecular flexibility index (Phi) is 4.62. The van der Waals surface area contributed by atoms with E-state index in [2.05, 4.69) is 32.1 Å². The highest BCUT2D eigenvalue weighted by Gasteiger charge is 2.10. The van der Waals surface area contributed by atoms with Gasteiger partial charge in [-0.25, -0.2) is 0 Å². The van der Waals surface area contributed by atoms with Crippen LogP contribution >= 0.6 is 0 Å². The molecule has 22 heavy (non-hydrogen) atoms. The normalized spacial score (nSPS) is 15.1. The smallest absolute Gasteiger partial charge is 0.0886 e. The molecule has 0 saturated carbocycles. The van der Waals surface area contributed by atoms with Crippen molar-refractivity contribution in [3.63, 3.8) is 0 Å². The summed E-state index contributed by atoms with van der Waals surface area (Å²) in [5.41, 5.74) is 4.09. The first kappa shape index (κ1) is 14.1. The van der Waals surface area contributed by atoms with E-state index in [4.69, 9.17) is 0 Å². The Bertz CT molecular complexity index is 663. The van der Waals surface area contributed by atoms with Crippen LogP contribution in [0.1, 0.15) is 12.8 Å². The Labute approximate surface area is 129 Å². The van der Waals surface area contributed by atoms with Gasteiger partial charge < -0.3 is 0 Å². The van der Waals surface area contributed by atoms with Crippen molar-refractivity contribution < 1.29 is 0 Å². The zero-order valence-electron chi connectivity index (χ0n) is 12.1. The number of aliphatic imine (C=N–C) groups is 2. The number of aromatic nitrogens is 2. The minimum absolute atomic E-state index is 0.915. The Morgan fingerprint density at radius 3 is 1.45 bits per heavy atom. The fraction of sp³-hybridized carbons (Fsp3) is 0.111. The SMILES string of the molecule is C1=CN=C(C2=NC=CC2)C1.c1ccc(-c2ccccn2)nc1. The van der Waals surface area contributed by atoms with Gasteiger partial charge in [-0.05, 0) is 24.3 Å². The summed E-state index contributed by atoms with van der Waals surface area (Å²) in [5, 5.41) is 0. The van der Waals surface area contributed by atoms with Crippen LogP contribution in [0.5, 0.6) is 0 Å². The summed E-state index contributed by atoms with van der Waals surface area (Å²) < 4.78 is 0. The molecule has 0 bridgehead atoms. The molecule has 108 valence electrons. The molecular formula is C18H16N4. The van der Waals surface area contributed by atoms with Crippen molar-refractivity contribution in [2.75, 3.05) is 0 Å². The fourth-order valence-electron chi connectivity index (χ4n) is 2.13. The van der Waals surface area contributed by atoms with E-state index in [0.717, 1.165) is 35.7 Å². The van der Waals surface area contributed by atoms with Crippen molar-refractivity contribution in [3.05, 3.63) is 73.3 Å². The van der Waals surface area contributed by atoms with Crippen LogP contribution in [0.4, 0.5) is 0 Å². The number of hydrogen-bond acceptors (Lipinski definition) is 4. The topological polar surface area (TPSA) is 50.5 Å². The molecule has 4 heterocycles. The van der Waals surface area contributed by atoms with Crippen molar-refractivity contribution in [1.29, 1.82) is 0 Å². The predicted octanol–water partition coefficient (Wildman–Crippen LogP) is 3.85. The van der Waals surface area contributed by atoms with Crippen LogP contribution in [0.25, 0.3) is 11.4 Å². The summed E-state index contributed by atoms with van der Waals surface area (Å²) in [7, 11) is 0. The van der Waals surface area contributed by atoms with E-state index in [1.165, 1.54) is 0 Å². The first-order chi connectivity index (χ1) is 10.9. The van der Waals surface area contributed by atoms with Gasteiger partial charge in [-0.2, -0.15) is 0 Å². The Morgan fingerprint density at radius 1 is 0.636 bits per heavy atom. The average molecular weight is 288 g/mol. The number of nitrogens with zero attached hydrogens (tertiary/aromatic N) is 4. The Morgan fingerprint density at radius 2 is 1.14 bits per heavy atom. The van der Waals surface area contributed by atoms with Crippen molar-refractivity contribution in [2.24, 2.45) is 9.98 Å². The fourth-order valence-corrected chi connectivity index (χ4v) is 2.13. The minimum Gasteiger partial charge on any atom is -0.259 e. The molecule has 4 heteroatoms. The van der Waals surface area contributed by atoms with E-state index < -0.39 is 0 Å². The van der Waals surface area contributed by atoms with Crippen LogP contribution in [0.3, 0.4) is 0 Å². The van der Waals surface area contributed by atoms with E-state index in [9.17, 15) is 0 Å². The van der Waals surface area contributed by atoms with Crippen LogP contribution < -0.4 is 0 Å². The lowest BCUT2D eigenvalue weighted by Crippen LogP contribution is -2.07. The quantitative estimate of drug-likeness (QED) is 0.842. The third-order valence-corrected chi connectivity index (χ3v) is 3.22. The maximum atomic E-state index is 4.19. The third kappa shape index (κ3) is 3.61. The summed E-state index contributed by atoms with van der Waals surface area (Å²) in [6.45, 7) is 0. The lowest BCUT2D eigenvalue weighted by Gasteiger charge is -1.96. The highest BCUT2D eigenvalue weighted by atomic mass is 14.8. The number of hydrogen-bond donors (Lipinski definition) is 0. The first-order valence-electron chi connectivity index (χ1n) is 7.19. The predicted molar refractivity (Wildman–Crippen MR) is 89.9 cm³/mol. The molecule has 0 radical (unpaired) electrons. The summed E-state index contributed by atoms with van der Waals surface area (Å²) in [4.78, 5) is 16.7. The lowest BCUT2D eigenvalue weighted by atomic mass is 10.1. The van der Waals surface area contributed by atoms with Crippen LogP contribution in [-0.4, -0.2) is 21.4 Å². The summed E-state index contributed by atoms with van der Waals surface area (Å²) in [5.74, 6) is 0. The molecule has 0 unspecified atom stereocenters. The standard InChI is InChI=1S/C10H8N2.C8H8N2/c1-3-7-11-9(5-1)10-6-2-4-8-12-10;1-3-7(9-5-1)8-4-2-6-10-8/h1-8H;1-2,5-6H,3-4H2. The van der Waals surface area contributed by atoms with Crippen molar-refractivity contribution >= 4 is 11.4 Å². The Balaban J connectivity index is 0.000000133. The number of pyridine rings is 2. The molecule has 2 aliphatic heterocycles. The van der Waals surface area contributed by atoms with E-state index in [0.29, 0.717) is 0 Å². The molecule has 0 atom stereocenters. The Hall–Kier alpha value is -2.88. The van der Waals surface area contributed by atoms with Gasteiger partial charge in [0.15, 0.2) is 0 Å². The van der Waals surface area contributed by atoms with Gasteiger partial charge in [0.1, 0.15) is 0 Å². The van der Waals surface area contributed by atoms with Crippen molar-refractivity contribution in [1.82, 2.24) is 9.97 Å². The van der Waals surface area contributed by atoms with Gasteiger partial charge in [0.05, 0.1) is 22.8 Å².